The molecular formula is C17H28N2O2. The lowest BCUT2D eigenvalue weighted by molar-refractivity contribution is 0.141. The lowest BCUT2D eigenvalue weighted by atomic mass is 9.94. The second kappa shape index (κ2) is 7.66. The van der Waals surface area contributed by atoms with Gasteiger partial charge in [-0.25, -0.2) is 0 Å². The molecule has 4 nitrogen and oxygen atoms in total. The Labute approximate surface area is 128 Å². The summed E-state index contributed by atoms with van der Waals surface area (Å²) in [6.07, 6.45) is 2.55. The summed E-state index contributed by atoms with van der Waals surface area (Å²) in [6.45, 7) is 5.75. The van der Waals surface area contributed by atoms with Crippen LogP contribution in [0.1, 0.15) is 31.4 Å². The Bertz CT molecular complexity index is 442. The molecule has 1 fully saturated rings. The van der Waals surface area contributed by atoms with Gasteiger partial charge in [-0.1, -0.05) is 6.07 Å². The van der Waals surface area contributed by atoms with Crippen LogP contribution in [0.5, 0.6) is 11.5 Å². The molecule has 118 valence electrons. The predicted octanol–water partition coefficient (Wildman–Crippen LogP) is 2.70. The van der Waals surface area contributed by atoms with E-state index in [2.05, 4.69) is 29.3 Å². The highest BCUT2D eigenvalue weighted by Gasteiger charge is 2.23. The summed E-state index contributed by atoms with van der Waals surface area (Å²) in [4.78, 5) is 2.56. The second-order valence-electron chi connectivity index (χ2n) is 5.83. The van der Waals surface area contributed by atoms with Crippen molar-refractivity contribution in [2.75, 3.05) is 40.9 Å². The zero-order valence-electron chi connectivity index (χ0n) is 13.7. The first-order chi connectivity index (χ1) is 10.2. The molecule has 0 aromatic heterocycles. The fraction of sp³-hybridized carbons (Fsp3) is 0.647. The van der Waals surface area contributed by atoms with Gasteiger partial charge in [0.05, 0.1) is 14.2 Å². The van der Waals surface area contributed by atoms with Gasteiger partial charge in [0, 0.05) is 6.04 Å². The Morgan fingerprint density at radius 3 is 2.43 bits per heavy atom. The monoisotopic (exact) mass is 292 g/mol. The van der Waals surface area contributed by atoms with Crippen molar-refractivity contribution in [3.8, 4) is 11.5 Å². The standard InChI is InChI=1S/C17H28N2O2/c1-13(19-9-7-14(8-10-19)12-18-2)15-5-6-16(20-3)17(11-15)21-4/h5-6,11,13-14,18H,7-10,12H2,1-4H3. The number of methoxy groups -OCH3 is 2. The number of ether oxygens (including phenoxy) is 2. The topological polar surface area (TPSA) is 33.7 Å². The summed E-state index contributed by atoms with van der Waals surface area (Å²) >= 11 is 0. The quantitative estimate of drug-likeness (QED) is 0.874. The van der Waals surface area contributed by atoms with Crippen LogP contribution in [0.2, 0.25) is 0 Å². The number of likely N-dealkylation sites (tertiary alicyclic amines) is 1. The largest absolute Gasteiger partial charge is 0.493 e. The molecule has 1 saturated heterocycles. The maximum atomic E-state index is 5.41. The highest BCUT2D eigenvalue weighted by molar-refractivity contribution is 5.43. The van der Waals surface area contributed by atoms with E-state index < -0.39 is 0 Å². The average Bonchev–Trinajstić information content (AvgIpc) is 2.54. The van der Waals surface area contributed by atoms with Crippen molar-refractivity contribution in [3.63, 3.8) is 0 Å². The zero-order valence-corrected chi connectivity index (χ0v) is 13.7. The van der Waals surface area contributed by atoms with Crippen molar-refractivity contribution < 1.29 is 9.47 Å². The van der Waals surface area contributed by atoms with Crippen LogP contribution < -0.4 is 14.8 Å². The van der Waals surface area contributed by atoms with Crippen LogP contribution in [0, 0.1) is 5.92 Å². The third-order valence-corrected chi connectivity index (χ3v) is 4.58. The first-order valence-corrected chi connectivity index (χ1v) is 7.80. The molecule has 1 aromatic carbocycles. The van der Waals surface area contributed by atoms with Gasteiger partial charge < -0.3 is 14.8 Å². The summed E-state index contributed by atoms with van der Waals surface area (Å²) in [5, 5.41) is 3.29. The molecule has 1 N–H and O–H groups in total. The van der Waals surface area contributed by atoms with Crippen LogP contribution in [-0.4, -0.2) is 45.8 Å². The van der Waals surface area contributed by atoms with E-state index in [0.717, 1.165) is 24.0 Å². The smallest absolute Gasteiger partial charge is 0.161 e. The first kappa shape index (κ1) is 16.1. The predicted molar refractivity (Wildman–Crippen MR) is 86.2 cm³/mol. The first-order valence-electron chi connectivity index (χ1n) is 7.80. The second-order valence-corrected chi connectivity index (χ2v) is 5.83. The van der Waals surface area contributed by atoms with Crippen LogP contribution >= 0.6 is 0 Å². The lowest BCUT2D eigenvalue weighted by Gasteiger charge is -2.36. The molecule has 1 aromatic rings. The highest BCUT2D eigenvalue weighted by atomic mass is 16.5. The van der Waals surface area contributed by atoms with Crippen molar-refractivity contribution in [1.29, 1.82) is 0 Å². The number of hydrogen-bond acceptors (Lipinski definition) is 4. The van der Waals surface area contributed by atoms with Gasteiger partial charge in [-0.3, -0.25) is 4.90 Å². The number of piperidine rings is 1. The summed E-state index contributed by atoms with van der Waals surface area (Å²) in [6, 6.07) is 6.66. The van der Waals surface area contributed by atoms with Gasteiger partial charge in [0.1, 0.15) is 0 Å². The number of hydrogen-bond donors (Lipinski definition) is 1. The number of nitrogens with one attached hydrogen (secondary N) is 1. The van der Waals surface area contributed by atoms with Crippen LogP contribution in [0.3, 0.4) is 0 Å². The third-order valence-electron chi connectivity index (χ3n) is 4.58. The molecule has 0 radical (unpaired) electrons. The van der Waals surface area contributed by atoms with E-state index in [1.165, 1.54) is 31.5 Å². The van der Waals surface area contributed by atoms with E-state index in [4.69, 9.17) is 9.47 Å². The summed E-state index contributed by atoms with van der Waals surface area (Å²) < 4.78 is 10.7. The number of benzene rings is 1. The molecule has 1 atom stereocenters. The van der Waals surface area contributed by atoms with Gasteiger partial charge in [0.25, 0.3) is 0 Å². The number of nitrogens with zero attached hydrogens (tertiary/aromatic N) is 1. The van der Waals surface area contributed by atoms with Crippen molar-refractivity contribution in [2.45, 2.75) is 25.8 Å². The molecule has 0 spiro atoms. The minimum absolute atomic E-state index is 0.417. The van der Waals surface area contributed by atoms with E-state index in [1.807, 2.05) is 13.1 Å². The Morgan fingerprint density at radius 2 is 1.86 bits per heavy atom. The molecule has 1 unspecified atom stereocenters. The highest BCUT2D eigenvalue weighted by Crippen LogP contribution is 2.33. The lowest BCUT2D eigenvalue weighted by Crippen LogP contribution is -2.38. The summed E-state index contributed by atoms with van der Waals surface area (Å²) in [5.41, 5.74) is 1.29. The molecule has 4 heteroatoms. The maximum Gasteiger partial charge on any atom is 0.161 e. The van der Waals surface area contributed by atoms with E-state index in [9.17, 15) is 0 Å². The van der Waals surface area contributed by atoms with Gasteiger partial charge in [-0.05, 0) is 70.1 Å². The van der Waals surface area contributed by atoms with E-state index >= 15 is 0 Å². The van der Waals surface area contributed by atoms with E-state index in [0.29, 0.717) is 6.04 Å². The zero-order chi connectivity index (χ0) is 15.2. The van der Waals surface area contributed by atoms with E-state index in [1.54, 1.807) is 14.2 Å². The fourth-order valence-corrected chi connectivity index (χ4v) is 3.16. The SMILES string of the molecule is CNCC1CCN(C(C)c2ccc(OC)c(OC)c2)CC1. The minimum Gasteiger partial charge on any atom is -0.493 e. The van der Waals surface area contributed by atoms with Crippen molar-refractivity contribution in [3.05, 3.63) is 23.8 Å². The average molecular weight is 292 g/mol. The van der Waals surface area contributed by atoms with Crippen LogP contribution in [0.25, 0.3) is 0 Å². The molecule has 1 aliphatic heterocycles. The molecule has 1 aliphatic rings. The molecule has 0 amide bonds. The van der Waals surface area contributed by atoms with Crippen molar-refractivity contribution in [1.82, 2.24) is 10.2 Å². The molecule has 0 bridgehead atoms. The Balaban J connectivity index is 2.02. The number of rotatable bonds is 6. The van der Waals surface area contributed by atoms with Gasteiger partial charge in [0.15, 0.2) is 11.5 Å². The Morgan fingerprint density at radius 1 is 1.19 bits per heavy atom. The summed E-state index contributed by atoms with van der Waals surface area (Å²) in [5.74, 6) is 2.43. The fourth-order valence-electron chi connectivity index (χ4n) is 3.16. The maximum absolute atomic E-state index is 5.41. The van der Waals surface area contributed by atoms with Gasteiger partial charge in [-0.15, -0.1) is 0 Å². The van der Waals surface area contributed by atoms with Gasteiger partial charge in [0.2, 0.25) is 0 Å². The molecule has 1 heterocycles. The minimum atomic E-state index is 0.417. The van der Waals surface area contributed by atoms with E-state index in [-0.39, 0.29) is 0 Å². The van der Waals surface area contributed by atoms with Crippen LogP contribution in [-0.2, 0) is 0 Å². The molecule has 0 saturated carbocycles. The van der Waals surface area contributed by atoms with Gasteiger partial charge in [-0.2, -0.15) is 0 Å². The van der Waals surface area contributed by atoms with Crippen LogP contribution in [0.4, 0.5) is 0 Å². The molecular weight excluding hydrogens is 264 g/mol. The molecule has 21 heavy (non-hydrogen) atoms. The van der Waals surface area contributed by atoms with Gasteiger partial charge >= 0.3 is 0 Å². The van der Waals surface area contributed by atoms with Crippen LogP contribution in [0.15, 0.2) is 18.2 Å². The third kappa shape index (κ3) is 3.89. The Kier molecular flexibility index (Phi) is 5.88. The molecule has 2 rings (SSSR count). The summed E-state index contributed by atoms with van der Waals surface area (Å²) in [7, 11) is 5.40. The van der Waals surface area contributed by atoms with Crippen molar-refractivity contribution in [2.24, 2.45) is 5.92 Å². The Hall–Kier alpha value is -1.26. The normalized spacial score (nSPS) is 18.5. The van der Waals surface area contributed by atoms with Crippen molar-refractivity contribution >= 4 is 0 Å². The molecule has 0 aliphatic carbocycles.